The zero-order valence-electron chi connectivity index (χ0n) is 15.6. The van der Waals surface area contributed by atoms with Crippen molar-refractivity contribution in [2.24, 2.45) is 5.92 Å². The zero-order valence-corrected chi connectivity index (χ0v) is 16.4. The molecule has 2 atom stereocenters. The standard InChI is InChI=1S/C21H26O5S/c1-16-10-11-19(17(13-16)14-26-21-9-5-6-12-25-21)20(22)15-27(23,24)18-7-3-2-4-8-18/h2-4,7-8,10-11,17,21H,5-6,9,12-15H2,1H3/t17-,21?/m1/s1. The maximum absolute atomic E-state index is 12.8. The van der Waals surface area contributed by atoms with Gasteiger partial charge in [0.15, 0.2) is 21.9 Å². The Hall–Kier alpha value is -1.76. The van der Waals surface area contributed by atoms with Crippen molar-refractivity contribution in [1.29, 1.82) is 0 Å². The van der Waals surface area contributed by atoms with Crippen molar-refractivity contribution in [2.45, 2.75) is 43.8 Å². The Kier molecular flexibility index (Phi) is 6.63. The van der Waals surface area contributed by atoms with Crippen molar-refractivity contribution < 1.29 is 22.7 Å². The van der Waals surface area contributed by atoms with Crippen molar-refractivity contribution in [2.75, 3.05) is 19.0 Å². The molecule has 0 spiro atoms. The normalized spacial score (nSPS) is 23.4. The van der Waals surface area contributed by atoms with Crippen molar-refractivity contribution >= 4 is 15.6 Å². The summed E-state index contributed by atoms with van der Waals surface area (Å²) in [5, 5.41) is 0. The van der Waals surface area contributed by atoms with E-state index in [-0.39, 0.29) is 22.9 Å². The van der Waals surface area contributed by atoms with Gasteiger partial charge in [0.1, 0.15) is 5.75 Å². The summed E-state index contributed by atoms with van der Waals surface area (Å²) in [6, 6.07) is 8.10. The molecule has 1 aliphatic heterocycles. The first-order valence-electron chi connectivity index (χ1n) is 9.37. The van der Waals surface area contributed by atoms with Gasteiger partial charge in [-0.1, -0.05) is 35.9 Å². The van der Waals surface area contributed by atoms with Crippen LogP contribution >= 0.6 is 0 Å². The monoisotopic (exact) mass is 390 g/mol. The van der Waals surface area contributed by atoms with Gasteiger partial charge in [0.2, 0.25) is 0 Å². The Morgan fingerprint density at radius 1 is 1.19 bits per heavy atom. The first kappa shape index (κ1) is 20.0. The van der Waals surface area contributed by atoms with Gasteiger partial charge in [-0.2, -0.15) is 0 Å². The molecule has 1 heterocycles. The molecule has 0 N–H and O–H groups in total. The lowest BCUT2D eigenvalue weighted by Crippen LogP contribution is -2.29. The molecular weight excluding hydrogens is 364 g/mol. The molecule has 1 aliphatic carbocycles. The van der Waals surface area contributed by atoms with Crippen LogP contribution in [0.4, 0.5) is 0 Å². The maximum atomic E-state index is 12.8. The molecule has 3 rings (SSSR count). The van der Waals surface area contributed by atoms with Gasteiger partial charge < -0.3 is 9.47 Å². The summed E-state index contributed by atoms with van der Waals surface area (Å²) in [7, 11) is -3.66. The average Bonchev–Trinajstić information content (AvgIpc) is 2.67. The quantitative estimate of drug-likeness (QED) is 0.713. The Balaban J connectivity index is 1.68. The maximum Gasteiger partial charge on any atom is 0.185 e. The van der Waals surface area contributed by atoms with Crippen LogP contribution in [0.15, 0.2) is 58.5 Å². The molecule has 1 saturated heterocycles. The van der Waals surface area contributed by atoms with Gasteiger partial charge in [-0.3, -0.25) is 4.79 Å². The first-order chi connectivity index (χ1) is 13.0. The number of ether oxygens (including phenoxy) is 2. The van der Waals surface area contributed by atoms with Gasteiger partial charge in [0, 0.05) is 18.1 Å². The van der Waals surface area contributed by atoms with Crippen LogP contribution in [-0.2, 0) is 24.1 Å². The SMILES string of the molecule is CC1=CC=C(C(=O)CS(=O)(=O)c2ccccc2)[C@@H](COC2CCCCO2)C1. The number of carbonyl (C=O) groups excluding carboxylic acids is 1. The van der Waals surface area contributed by atoms with E-state index in [0.717, 1.165) is 24.8 Å². The molecule has 1 fully saturated rings. The number of allylic oxidation sites excluding steroid dienone is 3. The van der Waals surface area contributed by atoms with Crippen LogP contribution in [-0.4, -0.2) is 39.5 Å². The number of hydrogen-bond donors (Lipinski definition) is 0. The zero-order chi connectivity index (χ0) is 19.3. The highest BCUT2D eigenvalue weighted by Gasteiger charge is 2.29. The smallest absolute Gasteiger partial charge is 0.185 e. The van der Waals surface area contributed by atoms with Crippen LogP contribution < -0.4 is 0 Å². The molecule has 146 valence electrons. The van der Waals surface area contributed by atoms with Crippen LogP contribution in [0.25, 0.3) is 0 Å². The highest BCUT2D eigenvalue weighted by atomic mass is 32.2. The van der Waals surface area contributed by atoms with Crippen molar-refractivity contribution in [3.63, 3.8) is 0 Å². The molecule has 1 aromatic carbocycles. The highest BCUT2D eigenvalue weighted by Crippen LogP contribution is 2.28. The number of Topliss-reactive ketones (excluding diaryl/α,β-unsaturated/α-hetero) is 1. The van der Waals surface area contributed by atoms with Crippen LogP contribution in [0.2, 0.25) is 0 Å². The molecule has 27 heavy (non-hydrogen) atoms. The summed E-state index contributed by atoms with van der Waals surface area (Å²) in [5.74, 6) is -1.02. The second-order valence-corrected chi connectivity index (χ2v) is 9.15. The second-order valence-electron chi connectivity index (χ2n) is 7.16. The van der Waals surface area contributed by atoms with Gasteiger partial charge in [-0.25, -0.2) is 8.42 Å². The van der Waals surface area contributed by atoms with Crippen LogP contribution in [0.5, 0.6) is 0 Å². The largest absolute Gasteiger partial charge is 0.353 e. The predicted octanol–water partition coefficient (Wildman–Crippen LogP) is 3.47. The molecule has 6 heteroatoms. The molecule has 1 aromatic rings. The number of carbonyl (C=O) groups is 1. The van der Waals surface area contributed by atoms with E-state index in [4.69, 9.17) is 9.47 Å². The summed E-state index contributed by atoms with van der Waals surface area (Å²) >= 11 is 0. The van der Waals surface area contributed by atoms with E-state index >= 15 is 0 Å². The molecule has 0 bridgehead atoms. The van der Waals surface area contributed by atoms with Gasteiger partial charge in [-0.05, 0) is 44.7 Å². The lowest BCUT2D eigenvalue weighted by atomic mass is 9.86. The van der Waals surface area contributed by atoms with Gasteiger partial charge in [0.05, 0.1) is 11.5 Å². The van der Waals surface area contributed by atoms with Crippen LogP contribution in [0.1, 0.15) is 32.6 Å². The van der Waals surface area contributed by atoms with Gasteiger partial charge in [0.25, 0.3) is 0 Å². The molecule has 0 radical (unpaired) electrons. The van der Waals surface area contributed by atoms with E-state index in [2.05, 4.69) is 0 Å². The predicted molar refractivity (Wildman–Crippen MR) is 103 cm³/mol. The minimum absolute atomic E-state index is 0.140. The number of sulfone groups is 1. The average molecular weight is 391 g/mol. The minimum atomic E-state index is -3.66. The number of hydrogen-bond acceptors (Lipinski definition) is 5. The van der Waals surface area contributed by atoms with Crippen molar-refractivity contribution in [3.05, 3.63) is 53.6 Å². The topological polar surface area (TPSA) is 69.7 Å². The van der Waals surface area contributed by atoms with Crippen LogP contribution in [0.3, 0.4) is 0 Å². The Labute approximate surface area is 161 Å². The number of benzene rings is 1. The third-order valence-corrected chi connectivity index (χ3v) is 6.55. The summed E-state index contributed by atoms with van der Waals surface area (Å²) in [6.45, 7) is 3.06. The molecule has 0 amide bonds. The van der Waals surface area contributed by atoms with Crippen molar-refractivity contribution in [3.8, 4) is 0 Å². The molecule has 0 aromatic heterocycles. The van der Waals surface area contributed by atoms with Gasteiger partial charge in [-0.15, -0.1) is 0 Å². The lowest BCUT2D eigenvalue weighted by Gasteiger charge is -2.27. The molecule has 2 aliphatic rings. The molecule has 1 unspecified atom stereocenters. The lowest BCUT2D eigenvalue weighted by molar-refractivity contribution is -0.167. The summed E-state index contributed by atoms with van der Waals surface area (Å²) in [6.07, 6.45) is 7.08. The number of ketones is 1. The van der Waals surface area contributed by atoms with E-state index in [1.54, 1.807) is 24.3 Å². The fourth-order valence-corrected chi connectivity index (χ4v) is 4.69. The molecule has 5 nitrogen and oxygen atoms in total. The summed E-state index contributed by atoms with van der Waals surface area (Å²) in [5.41, 5.74) is 1.67. The Morgan fingerprint density at radius 3 is 2.67 bits per heavy atom. The number of rotatable bonds is 7. The molecular formula is C21H26O5S. The third-order valence-electron chi connectivity index (χ3n) is 4.92. The first-order valence-corrected chi connectivity index (χ1v) is 11.0. The minimum Gasteiger partial charge on any atom is -0.353 e. The van der Waals surface area contributed by atoms with E-state index in [1.165, 1.54) is 12.1 Å². The fraction of sp³-hybridized carbons (Fsp3) is 0.476. The van der Waals surface area contributed by atoms with E-state index in [9.17, 15) is 13.2 Å². The van der Waals surface area contributed by atoms with E-state index < -0.39 is 15.6 Å². The molecule has 0 saturated carbocycles. The van der Waals surface area contributed by atoms with Gasteiger partial charge >= 0.3 is 0 Å². The summed E-state index contributed by atoms with van der Waals surface area (Å²) in [4.78, 5) is 13.0. The van der Waals surface area contributed by atoms with Crippen LogP contribution in [0, 0.1) is 5.92 Å². The second kappa shape index (κ2) is 8.95. The Morgan fingerprint density at radius 2 is 1.96 bits per heavy atom. The Bertz CT molecular complexity index is 817. The van der Waals surface area contributed by atoms with E-state index in [1.807, 2.05) is 13.0 Å². The fourth-order valence-electron chi connectivity index (χ4n) is 3.44. The third kappa shape index (κ3) is 5.37. The van der Waals surface area contributed by atoms with E-state index in [0.29, 0.717) is 25.2 Å². The highest BCUT2D eigenvalue weighted by molar-refractivity contribution is 7.92. The van der Waals surface area contributed by atoms with Crippen molar-refractivity contribution in [1.82, 2.24) is 0 Å². The summed E-state index contributed by atoms with van der Waals surface area (Å²) < 4.78 is 36.6.